The van der Waals surface area contributed by atoms with Crippen LogP contribution in [0.3, 0.4) is 0 Å². The van der Waals surface area contributed by atoms with Gasteiger partial charge in [-0.3, -0.25) is 4.79 Å². The van der Waals surface area contributed by atoms with Gasteiger partial charge < -0.3 is 15.2 Å². The Morgan fingerprint density at radius 1 is 1.00 bits per heavy atom. The van der Waals surface area contributed by atoms with Crippen LogP contribution in [0, 0.1) is 0 Å². The molecule has 29 heavy (non-hydrogen) atoms. The van der Waals surface area contributed by atoms with E-state index in [2.05, 4.69) is 25.8 Å². The van der Waals surface area contributed by atoms with Crippen LogP contribution >= 0.6 is 0 Å². The van der Waals surface area contributed by atoms with Crippen LogP contribution in [0.15, 0.2) is 54.7 Å². The molecule has 5 heteroatoms. The standard InChI is InChI=1S/C24H26N2O3/c1-24(2,3)20-14-16(18-10-7-11-26-23(18)29-5)13-19(22(20)28-4)21(27)15-8-6-9-17(25)12-15/h6-14H,25H2,1-5H3. The quantitative estimate of drug-likeness (QED) is 0.497. The van der Waals surface area contributed by atoms with Gasteiger partial charge in [0, 0.05) is 28.6 Å². The van der Waals surface area contributed by atoms with Crippen LogP contribution in [0.4, 0.5) is 5.69 Å². The number of ketones is 1. The summed E-state index contributed by atoms with van der Waals surface area (Å²) in [5.74, 6) is 0.917. The summed E-state index contributed by atoms with van der Waals surface area (Å²) in [6.45, 7) is 6.26. The lowest BCUT2D eigenvalue weighted by Gasteiger charge is -2.25. The normalized spacial score (nSPS) is 11.2. The van der Waals surface area contributed by atoms with E-state index in [1.807, 2.05) is 24.3 Å². The van der Waals surface area contributed by atoms with Gasteiger partial charge in [0.2, 0.25) is 5.88 Å². The van der Waals surface area contributed by atoms with Crippen LogP contribution in [0.2, 0.25) is 0 Å². The van der Waals surface area contributed by atoms with E-state index in [1.54, 1.807) is 44.7 Å². The Kier molecular flexibility index (Phi) is 5.59. The predicted octanol–water partition coefficient (Wildman–Crippen LogP) is 4.88. The van der Waals surface area contributed by atoms with Gasteiger partial charge in [-0.15, -0.1) is 0 Å². The van der Waals surface area contributed by atoms with Crippen molar-refractivity contribution in [1.82, 2.24) is 4.98 Å². The number of hydrogen-bond donors (Lipinski definition) is 1. The summed E-state index contributed by atoms with van der Waals surface area (Å²) < 4.78 is 11.2. The molecule has 0 fully saturated rings. The first kappa shape index (κ1) is 20.4. The van der Waals surface area contributed by atoms with Crippen LogP contribution < -0.4 is 15.2 Å². The minimum Gasteiger partial charge on any atom is -0.496 e. The van der Waals surface area contributed by atoms with E-state index in [4.69, 9.17) is 15.2 Å². The molecule has 0 saturated heterocycles. The molecule has 0 unspecified atom stereocenters. The highest BCUT2D eigenvalue weighted by atomic mass is 16.5. The molecule has 1 aromatic heterocycles. The number of carbonyl (C=O) groups excluding carboxylic acids is 1. The number of rotatable bonds is 5. The van der Waals surface area contributed by atoms with Gasteiger partial charge in [-0.05, 0) is 47.4 Å². The Hall–Kier alpha value is -3.34. The third-order valence-electron chi connectivity index (χ3n) is 4.77. The second-order valence-electron chi connectivity index (χ2n) is 7.87. The van der Waals surface area contributed by atoms with Gasteiger partial charge in [0.15, 0.2) is 5.78 Å². The molecular formula is C24H26N2O3. The smallest absolute Gasteiger partial charge is 0.221 e. The fourth-order valence-electron chi connectivity index (χ4n) is 3.34. The van der Waals surface area contributed by atoms with Gasteiger partial charge in [0.05, 0.1) is 19.8 Å². The zero-order valence-electron chi connectivity index (χ0n) is 17.4. The number of aromatic nitrogens is 1. The number of methoxy groups -OCH3 is 2. The molecule has 3 rings (SSSR count). The number of anilines is 1. The average molecular weight is 390 g/mol. The minimum atomic E-state index is -0.248. The minimum absolute atomic E-state index is 0.149. The van der Waals surface area contributed by atoms with Crippen molar-refractivity contribution in [2.24, 2.45) is 0 Å². The van der Waals surface area contributed by atoms with Crippen molar-refractivity contribution in [2.45, 2.75) is 26.2 Å². The second kappa shape index (κ2) is 7.95. The molecule has 1 heterocycles. The Labute approximate surface area is 171 Å². The maximum atomic E-state index is 13.4. The molecule has 150 valence electrons. The van der Waals surface area contributed by atoms with E-state index in [0.717, 1.165) is 16.7 Å². The Balaban J connectivity index is 2.30. The van der Waals surface area contributed by atoms with E-state index in [9.17, 15) is 4.79 Å². The lowest BCUT2D eigenvalue weighted by Crippen LogP contribution is -2.16. The lowest BCUT2D eigenvalue weighted by molar-refractivity contribution is 0.103. The zero-order valence-corrected chi connectivity index (χ0v) is 17.4. The van der Waals surface area contributed by atoms with Gasteiger partial charge in [-0.25, -0.2) is 4.98 Å². The molecule has 2 aromatic carbocycles. The van der Waals surface area contributed by atoms with Crippen molar-refractivity contribution in [3.63, 3.8) is 0 Å². The maximum absolute atomic E-state index is 13.4. The van der Waals surface area contributed by atoms with Crippen molar-refractivity contribution in [1.29, 1.82) is 0 Å². The number of nitrogens with zero attached hydrogens (tertiary/aromatic N) is 1. The molecule has 5 nitrogen and oxygen atoms in total. The van der Waals surface area contributed by atoms with Crippen LogP contribution in [0.25, 0.3) is 11.1 Å². The summed E-state index contributed by atoms with van der Waals surface area (Å²) in [7, 11) is 3.17. The van der Waals surface area contributed by atoms with E-state index in [0.29, 0.717) is 28.4 Å². The highest BCUT2D eigenvalue weighted by Gasteiger charge is 2.26. The van der Waals surface area contributed by atoms with Gasteiger partial charge in [-0.2, -0.15) is 0 Å². The summed E-state index contributed by atoms with van der Waals surface area (Å²) in [6.07, 6.45) is 1.68. The predicted molar refractivity (Wildman–Crippen MR) is 116 cm³/mol. The molecule has 0 atom stereocenters. The van der Waals surface area contributed by atoms with Crippen LogP contribution in [0.5, 0.6) is 11.6 Å². The van der Waals surface area contributed by atoms with Crippen molar-refractivity contribution in [3.8, 4) is 22.8 Å². The fourth-order valence-corrected chi connectivity index (χ4v) is 3.34. The number of nitrogens with two attached hydrogens (primary N) is 1. The molecule has 0 aliphatic heterocycles. The zero-order chi connectivity index (χ0) is 21.2. The number of hydrogen-bond acceptors (Lipinski definition) is 5. The van der Waals surface area contributed by atoms with E-state index in [1.165, 1.54) is 0 Å². The van der Waals surface area contributed by atoms with Crippen molar-refractivity contribution in [3.05, 3.63) is 71.4 Å². The van der Waals surface area contributed by atoms with E-state index >= 15 is 0 Å². The van der Waals surface area contributed by atoms with E-state index in [-0.39, 0.29) is 11.2 Å². The number of ether oxygens (including phenoxy) is 2. The number of nitrogen functional groups attached to an aromatic ring is 1. The highest BCUT2D eigenvalue weighted by Crippen LogP contribution is 2.40. The molecule has 0 aliphatic rings. The third-order valence-corrected chi connectivity index (χ3v) is 4.77. The number of pyridine rings is 1. The summed E-state index contributed by atoms with van der Waals surface area (Å²) in [4.78, 5) is 17.7. The van der Waals surface area contributed by atoms with Crippen LogP contribution in [-0.2, 0) is 5.41 Å². The van der Waals surface area contributed by atoms with Crippen molar-refractivity contribution >= 4 is 11.5 Å². The summed E-state index contributed by atoms with van der Waals surface area (Å²) in [6, 6.07) is 14.6. The monoisotopic (exact) mass is 390 g/mol. The topological polar surface area (TPSA) is 74.4 Å². The Bertz CT molecular complexity index is 1050. The molecule has 0 radical (unpaired) electrons. The Morgan fingerprint density at radius 2 is 1.76 bits per heavy atom. The molecule has 2 N–H and O–H groups in total. The van der Waals surface area contributed by atoms with Crippen LogP contribution in [0.1, 0.15) is 42.3 Å². The SMILES string of the molecule is COc1ncccc1-c1cc(C(=O)c2cccc(N)c2)c(OC)c(C(C)(C)C)c1. The first-order valence-electron chi connectivity index (χ1n) is 9.38. The first-order valence-corrected chi connectivity index (χ1v) is 9.38. The maximum Gasteiger partial charge on any atom is 0.221 e. The highest BCUT2D eigenvalue weighted by molar-refractivity contribution is 6.12. The summed E-state index contributed by atoms with van der Waals surface area (Å²) in [5.41, 5.74) is 9.75. The van der Waals surface area contributed by atoms with Crippen molar-refractivity contribution in [2.75, 3.05) is 20.0 Å². The summed E-state index contributed by atoms with van der Waals surface area (Å²) in [5, 5.41) is 0. The molecular weight excluding hydrogens is 364 g/mol. The van der Waals surface area contributed by atoms with Crippen LogP contribution in [-0.4, -0.2) is 25.0 Å². The molecule has 0 spiro atoms. The van der Waals surface area contributed by atoms with Gasteiger partial charge in [0.25, 0.3) is 0 Å². The van der Waals surface area contributed by atoms with Gasteiger partial charge in [-0.1, -0.05) is 32.9 Å². The lowest BCUT2D eigenvalue weighted by atomic mass is 9.82. The van der Waals surface area contributed by atoms with Gasteiger partial charge in [0.1, 0.15) is 5.75 Å². The molecule has 0 aliphatic carbocycles. The summed E-state index contributed by atoms with van der Waals surface area (Å²) >= 11 is 0. The number of carbonyl (C=O) groups is 1. The Morgan fingerprint density at radius 3 is 2.38 bits per heavy atom. The number of benzene rings is 2. The second-order valence-corrected chi connectivity index (χ2v) is 7.87. The largest absolute Gasteiger partial charge is 0.496 e. The molecule has 3 aromatic rings. The molecule has 0 bridgehead atoms. The average Bonchev–Trinajstić information content (AvgIpc) is 2.71. The molecule has 0 amide bonds. The van der Waals surface area contributed by atoms with E-state index < -0.39 is 0 Å². The third kappa shape index (κ3) is 4.09. The molecule has 0 saturated carbocycles. The van der Waals surface area contributed by atoms with Crippen molar-refractivity contribution < 1.29 is 14.3 Å². The first-order chi connectivity index (χ1) is 13.8. The fraction of sp³-hybridized carbons (Fsp3) is 0.250. The van der Waals surface area contributed by atoms with Gasteiger partial charge >= 0.3 is 0 Å².